The highest BCUT2D eigenvalue weighted by atomic mass is 16.2. The average Bonchev–Trinajstić information content (AvgIpc) is 2.79. The van der Waals surface area contributed by atoms with Gasteiger partial charge in [0.15, 0.2) is 0 Å². The molecule has 1 atom stereocenters. The molecule has 2 aromatic rings. The average molecular weight is 430 g/mol. The Kier molecular flexibility index (Phi) is 8.90. The lowest BCUT2D eigenvalue weighted by atomic mass is 9.86. The van der Waals surface area contributed by atoms with E-state index < -0.39 is 0 Å². The lowest BCUT2D eigenvalue weighted by Crippen LogP contribution is -2.35. The lowest BCUT2D eigenvalue weighted by Gasteiger charge is -2.25. The number of benzene rings is 2. The van der Waals surface area contributed by atoms with Crippen LogP contribution < -0.4 is 0 Å². The summed E-state index contributed by atoms with van der Waals surface area (Å²) in [4.78, 5) is 15.6. The van der Waals surface area contributed by atoms with E-state index in [-0.39, 0.29) is 5.91 Å². The van der Waals surface area contributed by atoms with Gasteiger partial charge in [-0.15, -0.1) is 0 Å². The van der Waals surface area contributed by atoms with E-state index >= 15 is 0 Å². The van der Waals surface area contributed by atoms with Gasteiger partial charge >= 0.3 is 0 Å². The van der Waals surface area contributed by atoms with Crippen molar-refractivity contribution in [3.8, 4) is 0 Å². The fraction of sp³-hybridized carbons (Fsp3) is 0.433. The van der Waals surface area contributed by atoms with E-state index in [2.05, 4.69) is 88.4 Å². The second-order valence-corrected chi connectivity index (χ2v) is 9.40. The fourth-order valence-electron chi connectivity index (χ4n) is 4.52. The third-order valence-electron chi connectivity index (χ3n) is 6.55. The monoisotopic (exact) mass is 429 g/mol. The first kappa shape index (κ1) is 24.0. The zero-order valence-electron chi connectivity index (χ0n) is 20.3. The lowest BCUT2D eigenvalue weighted by molar-refractivity contribution is -0.126. The molecule has 0 fully saturated rings. The fourth-order valence-corrected chi connectivity index (χ4v) is 4.52. The van der Waals surface area contributed by atoms with E-state index in [1.807, 2.05) is 11.0 Å². The highest BCUT2D eigenvalue weighted by Crippen LogP contribution is 2.31. The molecule has 0 radical (unpaired) electrons. The summed E-state index contributed by atoms with van der Waals surface area (Å²) in [6.45, 7) is 10.3. The molecule has 0 bridgehead atoms. The first-order valence-corrected chi connectivity index (χ1v) is 12.3. The van der Waals surface area contributed by atoms with Crippen LogP contribution >= 0.6 is 0 Å². The number of carbonyl (C=O) groups excluding carboxylic acids is 1. The molecule has 32 heavy (non-hydrogen) atoms. The maximum Gasteiger partial charge on any atom is 0.253 e. The number of allylic oxidation sites excluding steroid dienone is 2. The largest absolute Gasteiger partial charge is 0.338 e. The van der Waals surface area contributed by atoms with Gasteiger partial charge in [0.05, 0.1) is 0 Å². The third-order valence-corrected chi connectivity index (χ3v) is 6.55. The smallest absolute Gasteiger partial charge is 0.253 e. The predicted molar refractivity (Wildman–Crippen MR) is 136 cm³/mol. The summed E-state index contributed by atoms with van der Waals surface area (Å²) in [5, 5.41) is 0. The van der Waals surface area contributed by atoms with Crippen molar-refractivity contribution in [2.24, 2.45) is 0 Å². The van der Waals surface area contributed by atoms with Crippen LogP contribution in [0.4, 0.5) is 0 Å². The molecule has 1 amide bonds. The SMILES string of the molecule is CCCN(CCc1ccccc1)C(=O)C1=C(C)CCCC(c2cccc(C(C)C)c2)C=C1. The maximum atomic E-state index is 13.6. The third kappa shape index (κ3) is 6.45. The van der Waals surface area contributed by atoms with Gasteiger partial charge in [-0.2, -0.15) is 0 Å². The molecule has 0 N–H and O–H groups in total. The van der Waals surface area contributed by atoms with Gasteiger partial charge in [0, 0.05) is 24.6 Å². The van der Waals surface area contributed by atoms with E-state index in [9.17, 15) is 4.79 Å². The Hall–Kier alpha value is -2.61. The first-order valence-electron chi connectivity index (χ1n) is 12.3. The van der Waals surface area contributed by atoms with Crippen LogP contribution in [0.1, 0.15) is 81.9 Å². The van der Waals surface area contributed by atoms with Crippen LogP contribution in [0.5, 0.6) is 0 Å². The number of nitrogens with zero attached hydrogens (tertiary/aromatic N) is 1. The summed E-state index contributed by atoms with van der Waals surface area (Å²) < 4.78 is 0. The molecule has 2 heteroatoms. The zero-order chi connectivity index (χ0) is 22.9. The predicted octanol–water partition coefficient (Wildman–Crippen LogP) is 7.43. The van der Waals surface area contributed by atoms with Crippen molar-refractivity contribution in [2.75, 3.05) is 13.1 Å². The number of amides is 1. The van der Waals surface area contributed by atoms with Gasteiger partial charge in [0.1, 0.15) is 0 Å². The molecule has 2 nitrogen and oxygen atoms in total. The first-order chi connectivity index (χ1) is 15.5. The summed E-state index contributed by atoms with van der Waals surface area (Å²) in [6.07, 6.45) is 9.50. The summed E-state index contributed by atoms with van der Waals surface area (Å²) >= 11 is 0. The minimum atomic E-state index is 0.188. The van der Waals surface area contributed by atoms with E-state index in [0.717, 1.165) is 50.8 Å². The van der Waals surface area contributed by atoms with Crippen LogP contribution in [0.3, 0.4) is 0 Å². The normalized spacial score (nSPS) is 16.7. The van der Waals surface area contributed by atoms with Crippen LogP contribution in [0.25, 0.3) is 0 Å². The van der Waals surface area contributed by atoms with Crippen molar-refractivity contribution in [2.45, 2.75) is 71.6 Å². The summed E-state index contributed by atoms with van der Waals surface area (Å²) in [5.74, 6) is 1.08. The van der Waals surface area contributed by atoms with Crippen molar-refractivity contribution >= 4 is 5.91 Å². The Morgan fingerprint density at radius 1 is 1.06 bits per heavy atom. The van der Waals surface area contributed by atoms with Gasteiger partial charge in [0.2, 0.25) is 0 Å². The molecule has 0 spiro atoms. The molecule has 0 aliphatic heterocycles. The van der Waals surface area contributed by atoms with Gasteiger partial charge < -0.3 is 4.90 Å². The Morgan fingerprint density at radius 2 is 1.84 bits per heavy atom. The Balaban J connectivity index is 1.79. The molecule has 0 heterocycles. The summed E-state index contributed by atoms with van der Waals surface area (Å²) in [6, 6.07) is 19.5. The quantitative estimate of drug-likeness (QED) is 0.427. The molecule has 170 valence electrons. The zero-order valence-corrected chi connectivity index (χ0v) is 20.3. The molecule has 1 aliphatic carbocycles. The van der Waals surface area contributed by atoms with Crippen molar-refractivity contribution in [1.82, 2.24) is 4.90 Å². The molecule has 0 saturated heterocycles. The van der Waals surface area contributed by atoms with Crippen LogP contribution in [0.15, 0.2) is 77.9 Å². The maximum absolute atomic E-state index is 13.6. The minimum absolute atomic E-state index is 0.188. The molecular formula is C30H39NO. The van der Waals surface area contributed by atoms with Gasteiger partial charge in [-0.3, -0.25) is 4.79 Å². The Labute approximate surface area is 195 Å². The van der Waals surface area contributed by atoms with Crippen molar-refractivity contribution in [3.63, 3.8) is 0 Å². The van der Waals surface area contributed by atoms with E-state index in [1.54, 1.807) is 0 Å². The van der Waals surface area contributed by atoms with Crippen LogP contribution in [0, 0.1) is 0 Å². The van der Waals surface area contributed by atoms with Crippen molar-refractivity contribution in [1.29, 1.82) is 0 Å². The van der Waals surface area contributed by atoms with Gasteiger partial charge in [-0.05, 0) is 61.6 Å². The van der Waals surface area contributed by atoms with Crippen molar-refractivity contribution in [3.05, 3.63) is 94.6 Å². The highest BCUT2D eigenvalue weighted by Gasteiger charge is 2.21. The summed E-state index contributed by atoms with van der Waals surface area (Å²) in [7, 11) is 0. The van der Waals surface area contributed by atoms with E-state index in [1.165, 1.54) is 22.3 Å². The standard InChI is InChI=1S/C30H39NO/c1-5-20-31(21-19-25-12-7-6-8-13-25)30(32)29-18-17-26(14-9-11-24(29)4)28-16-10-15-27(22-28)23(2)3/h6-8,10,12-13,15-18,22-23,26H,5,9,11,14,19-21H2,1-4H3. The Morgan fingerprint density at radius 3 is 2.56 bits per heavy atom. The number of hydrogen-bond acceptors (Lipinski definition) is 1. The Bertz CT molecular complexity index is 938. The number of carbonyl (C=O) groups is 1. The number of hydrogen-bond donors (Lipinski definition) is 0. The van der Waals surface area contributed by atoms with Crippen LogP contribution in [-0.4, -0.2) is 23.9 Å². The van der Waals surface area contributed by atoms with Gasteiger partial charge in [-0.1, -0.05) is 93.1 Å². The summed E-state index contributed by atoms with van der Waals surface area (Å²) in [5.41, 5.74) is 6.16. The van der Waals surface area contributed by atoms with Crippen LogP contribution in [-0.2, 0) is 11.2 Å². The van der Waals surface area contributed by atoms with E-state index in [4.69, 9.17) is 0 Å². The second kappa shape index (κ2) is 11.9. The van der Waals surface area contributed by atoms with Crippen molar-refractivity contribution < 1.29 is 4.79 Å². The molecule has 1 unspecified atom stereocenters. The molecule has 0 aromatic heterocycles. The second-order valence-electron chi connectivity index (χ2n) is 9.40. The molecule has 1 aliphatic rings. The number of rotatable bonds is 8. The van der Waals surface area contributed by atoms with Gasteiger partial charge in [-0.25, -0.2) is 0 Å². The molecule has 3 rings (SSSR count). The molecule has 2 aromatic carbocycles. The molecular weight excluding hydrogens is 390 g/mol. The molecule has 0 saturated carbocycles. The van der Waals surface area contributed by atoms with Crippen LogP contribution in [0.2, 0.25) is 0 Å². The van der Waals surface area contributed by atoms with Gasteiger partial charge in [0.25, 0.3) is 5.91 Å². The topological polar surface area (TPSA) is 20.3 Å². The highest BCUT2D eigenvalue weighted by molar-refractivity contribution is 5.97. The van der Waals surface area contributed by atoms with E-state index in [0.29, 0.717) is 11.8 Å². The minimum Gasteiger partial charge on any atom is -0.338 e.